The minimum absolute atomic E-state index is 0.0397. The summed E-state index contributed by atoms with van der Waals surface area (Å²) in [4.78, 5) is 4.44. The topological polar surface area (TPSA) is 29.9 Å². The number of hydrogen-bond acceptors (Lipinski definition) is 2. The Hall–Kier alpha value is -2.62. The molecule has 0 aliphatic rings. The molecule has 0 amide bonds. The average Bonchev–Trinajstić information content (AvgIpc) is 2.84. The third kappa shape index (κ3) is 2.97. The Morgan fingerprint density at radius 3 is 2.74 bits per heavy atom. The Labute approximate surface area is 135 Å². The first-order valence-electron chi connectivity index (χ1n) is 7.59. The van der Waals surface area contributed by atoms with Gasteiger partial charge in [0.1, 0.15) is 5.82 Å². The molecule has 118 valence electrons. The van der Waals surface area contributed by atoms with Crippen LogP contribution in [0.3, 0.4) is 0 Å². The monoisotopic (exact) mass is 309 g/mol. The van der Waals surface area contributed by atoms with Crippen LogP contribution in [0.4, 0.5) is 4.39 Å². The number of fused-ring (bicyclic) bond motifs is 1. The molecule has 0 aliphatic carbocycles. The third-order valence-electron chi connectivity index (χ3n) is 4.08. The molecule has 3 aromatic rings. The van der Waals surface area contributed by atoms with E-state index in [1.807, 2.05) is 49.9 Å². The van der Waals surface area contributed by atoms with Crippen LogP contribution < -0.4 is 5.32 Å². The van der Waals surface area contributed by atoms with Crippen molar-refractivity contribution in [3.05, 3.63) is 71.9 Å². The lowest BCUT2D eigenvalue weighted by Gasteiger charge is -2.17. The summed E-state index contributed by atoms with van der Waals surface area (Å²) in [5.74, 6) is -0.231. The van der Waals surface area contributed by atoms with E-state index in [0.29, 0.717) is 0 Å². The molecule has 23 heavy (non-hydrogen) atoms. The van der Waals surface area contributed by atoms with Crippen LogP contribution in [0.2, 0.25) is 0 Å². The van der Waals surface area contributed by atoms with Gasteiger partial charge in [0.05, 0.1) is 23.1 Å². The van der Waals surface area contributed by atoms with E-state index in [0.717, 1.165) is 33.6 Å². The van der Waals surface area contributed by atoms with Crippen molar-refractivity contribution in [2.24, 2.45) is 7.05 Å². The predicted molar refractivity (Wildman–Crippen MR) is 92.4 cm³/mol. The van der Waals surface area contributed by atoms with Crippen LogP contribution in [0.5, 0.6) is 0 Å². The molecule has 0 aliphatic heterocycles. The summed E-state index contributed by atoms with van der Waals surface area (Å²) >= 11 is 0. The average molecular weight is 309 g/mol. The van der Waals surface area contributed by atoms with Crippen LogP contribution in [-0.2, 0) is 7.05 Å². The molecule has 4 heteroatoms. The number of nitrogens with one attached hydrogen (secondary N) is 1. The quantitative estimate of drug-likeness (QED) is 0.777. The van der Waals surface area contributed by atoms with Gasteiger partial charge in [0.15, 0.2) is 0 Å². The van der Waals surface area contributed by atoms with E-state index in [2.05, 4.69) is 16.9 Å². The molecule has 0 fully saturated rings. The molecule has 0 bridgehead atoms. The van der Waals surface area contributed by atoms with Gasteiger partial charge in [0.2, 0.25) is 0 Å². The molecule has 3 rings (SSSR count). The smallest absolute Gasteiger partial charge is 0.123 e. The van der Waals surface area contributed by atoms with Gasteiger partial charge in [0.25, 0.3) is 0 Å². The van der Waals surface area contributed by atoms with Gasteiger partial charge < -0.3 is 9.88 Å². The van der Waals surface area contributed by atoms with Crippen LogP contribution in [0.25, 0.3) is 16.6 Å². The molecule has 1 atom stereocenters. The maximum Gasteiger partial charge on any atom is 0.123 e. The molecule has 0 radical (unpaired) electrons. The molecule has 3 nitrogen and oxygen atoms in total. The fourth-order valence-corrected chi connectivity index (χ4v) is 2.75. The maximum absolute atomic E-state index is 13.4. The predicted octanol–water partition coefficient (Wildman–Crippen LogP) is 4.34. The van der Waals surface area contributed by atoms with E-state index in [4.69, 9.17) is 0 Å². The lowest BCUT2D eigenvalue weighted by atomic mass is 10.1. The van der Waals surface area contributed by atoms with Gasteiger partial charge in [-0.15, -0.1) is 0 Å². The van der Waals surface area contributed by atoms with E-state index in [9.17, 15) is 4.39 Å². The van der Waals surface area contributed by atoms with Crippen molar-refractivity contribution in [3.63, 3.8) is 0 Å². The molecule has 1 aromatic carbocycles. The number of aromatic nitrogens is 2. The van der Waals surface area contributed by atoms with Crippen LogP contribution in [0.15, 0.2) is 49.2 Å². The Kier molecular flexibility index (Phi) is 3.90. The minimum atomic E-state index is -0.231. The molecular weight excluding hydrogens is 289 g/mol. The molecule has 2 aromatic heterocycles. The highest BCUT2D eigenvalue weighted by atomic mass is 19.1. The van der Waals surface area contributed by atoms with Gasteiger partial charge in [-0.05, 0) is 49.7 Å². The van der Waals surface area contributed by atoms with Crippen LogP contribution >= 0.6 is 0 Å². The number of pyridine rings is 1. The van der Waals surface area contributed by atoms with E-state index in [1.165, 1.54) is 12.1 Å². The Bertz CT molecular complexity index is 862. The molecular formula is C19H20FN3. The molecule has 1 unspecified atom stereocenters. The van der Waals surface area contributed by atoms with E-state index in [-0.39, 0.29) is 11.9 Å². The van der Waals surface area contributed by atoms with Gasteiger partial charge in [-0.3, -0.25) is 4.98 Å². The highest BCUT2D eigenvalue weighted by Gasteiger charge is 2.13. The number of hydrogen-bond donors (Lipinski definition) is 1. The first-order valence-corrected chi connectivity index (χ1v) is 7.59. The van der Waals surface area contributed by atoms with Crippen LogP contribution in [0, 0.1) is 12.7 Å². The second kappa shape index (κ2) is 5.88. The summed E-state index contributed by atoms with van der Waals surface area (Å²) in [6.45, 7) is 8.20. The van der Waals surface area contributed by atoms with Crippen molar-refractivity contribution in [3.8, 4) is 0 Å². The number of rotatable bonds is 4. The molecule has 0 saturated carbocycles. The van der Waals surface area contributed by atoms with Crippen molar-refractivity contribution in [1.82, 2.24) is 14.9 Å². The third-order valence-corrected chi connectivity index (χ3v) is 4.08. The largest absolute Gasteiger partial charge is 0.376 e. The van der Waals surface area contributed by atoms with Gasteiger partial charge in [0, 0.05) is 24.1 Å². The normalized spacial score (nSPS) is 12.3. The van der Waals surface area contributed by atoms with Gasteiger partial charge in [-0.2, -0.15) is 0 Å². The lowest BCUT2D eigenvalue weighted by Crippen LogP contribution is -2.18. The summed E-state index contributed by atoms with van der Waals surface area (Å²) in [7, 11) is 1.96. The highest BCUT2D eigenvalue weighted by Crippen LogP contribution is 2.24. The van der Waals surface area contributed by atoms with Crippen molar-refractivity contribution >= 4 is 16.6 Å². The van der Waals surface area contributed by atoms with Gasteiger partial charge in [-0.25, -0.2) is 4.39 Å². The molecule has 2 heterocycles. The summed E-state index contributed by atoms with van der Waals surface area (Å²) in [5.41, 5.74) is 4.80. The van der Waals surface area contributed by atoms with Gasteiger partial charge in [-0.1, -0.05) is 12.6 Å². The minimum Gasteiger partial charge on any atom is -0.376 e. The fraction of sp³-hybridized carbons (Fsp3) is 0.211. The summed E-state index contributed by atoms with van der Waals surface area (Å²) in [6.07, 6.45) is 1.86. The highest BCUT2D eigenvalue weighted by molar-refractivity contribution is 5.85. The SMILES string of the molecule is C=C(NC(C)c1ccc(C)cn1)c1cc2cc(F)ccc2n1C. The fourth-order valence-electron chi connectivity index (χ4n) is 2.75. The van der Waals surface area contributed by atoms with Gasteiger partial charge >= 0.3 is 0 Å². The Balaban J connectivity index is 1.85. The summed E-state index contributed by atoms with van der Waals surface area (Å²) in [6, 6.07) is 10.8. The molecule has 1 N–H and O–H groups in total. The zero-order valence-corrected chi connectivity index (χ0v) is 13.6. The van der Waals surface area contributed by atoms with Crippen molar-refractivity contribution < 1.29 is 4.39 Å². The van der Waals surface area contributed by atoms with E-state index < -0.39 is 0 Å². The maximum atomic E-state index is 13.4. The number of aryl methyl sites for hydroxylation is 2. The van der Waals surface area contributed by atoms with Crippen molar-refractivity contribution in [2.45, 2.75) is 19.9 Å². The zero-order valence-electron chi connectivity index (χ0n) is 13.6. The number of nitrogens with zero attached hydrogens (tertiary/aromatic N) is 2. The summed E-state index contributed by atoms with van der Waals surface area (Å²) in [5, 5.41) is 4.24. The second-order valence-electron chi connectivity index (χ2n) is 5.90. The number of benzene rings is 1. The van der Waals surface area contributed by atoms with E-state index in [1.54, 1.807) is 6.07 Å². The first kappa shape index (κ1) is 15.3. The molecule has 0 spiro atoms. The van der Waals surface area contributed by atoms with Crippen LogP contribution in [-0.4, -0.2) is 9.55 Å². The Morgan fingerprint density at radius 2 is 2.04 bits per heavy atom. The van der Waals surface area contributed by atoms with Crippen molar-refractivity contribution in [2.75, 3.05) is 0 Å². The lowest BCUT2D eigenvalue weighted by molar-refractivity contribution is 0.629. The summed E-state index contributed by atoms with van der Waals surface area (Å²) < 4.78 is 15.4. The standard InChI is InChI=1S/C19H20FN3/c1-12-5-7-17(21-11-12)13(2)22-14(3)19-10-15-9-16(20)6-8-18(15)23(19)4/h5-11,13,22H,3H2,1-2,4H3. The van der Waals surface area contributed by atoms with E-state index >= 15 is 0 Å². The van der Waals surface area contributed by atoms with Crippen LogP contribution in [0.1, 0.15) is 29.9 Å². The molecule has 0 saturated heterocycles. The second-order valence-corrected chi connectivity index (χ2v) is 5.90. The number of halogens is 1. The van der Waals surface area contributed by atoms with Crippen molar-refractivity contribution in [1.29, 1.82) is 0 Å². The first-order chi connectivity index (χ1) is 11.0. The Morgan fingerprint density at radius 1 is 1.26 bits per heavy atom. The zero-order chi connectivity index (χ0) is 16.6.